The third kappa shape index (κ3) is 5.14. The van der Waals surface area contributed by atoms with Gasteiger partial charge in [0, 0.05) is 15.3 Å². The Labute approximate surface area is 159 Å². The van der Waals surface area contributed by atoms with Crippen molar-refractivity contribution in [3.05, 3.63) is 39.6 Å². The van der Waals surface area contributed by atoms with Gasteiger partial charge in [0.15, 0.2) is 11.5 Å². The van der Waals surface area contributed by atoms with Crippen LogP contribution in [0.1, 0.15) is 47.8 Å². The molecule has 0 aliphatic rings. The molecule has 0 radical (unpaired) electrons. The molecule has 1 amide bonds. The fourth-order valence-electron chi connectivity index (χ4n) is 2.50. The van der Waals surface area contributed by atoms with Crippen LogP contribution in [0.3, 0.4) is 0 Å². The highest BCUT2D eigenvalue weighted by atomic mass is 32.1. The first kappa shape index (κ1) is 20.1. The van der Waals surface area contributed by atoms with Crippen molar-refractivity contribution in [1.82, 2.24) is 5.32 Å². The van der Waals surface area contributed by atoms with E-state index in [1.54, 1.807) is 23.5 Å². The maximum absolute atomic E-state index is 12.6. The first-order chi connectivity index (χ1) is 12.6. The average molecular weight is 378 g/mol. The van der Waals surface area contributed by atoms with E-state index in [-0.39, 0.29) is 5.91 Å². The topological polar surface area (TPSA) is 56.8 Å². The summed E-state index contributed by atoms with van der Waals surface area (Å²) in [5.41, 5.74) is 0.493. The smallest absolute Gasteiger partial charge is 0.251 e. The highest BCUT2D eigenvalue weighted by molar-refractivity contribution is 7.11. The Morgan fingerprint density at radius 3 is 2.00 bits per heavy atom. The van der Waals surface area contributed by atoms with Crippen LogP contribution in [0.4, 0.5) is 0 Å². The van der Waals surface area contributed by atoms with E-state index in [0.29, 0.717) is 49.2 Å². The second-order valence-electron chi connectivity index (χ2n) is 5.50. The number of benzene rings is 1. The number of carbonyl (C=O) groups excluding carboxylic acids is 1. The molecule has 5 nitrogen and oxygen atoms in total. The molecule has 0 saturated carbocycles. The van der Waals surface area contributed by atoms with Crippen molar-refractivity contribution in [1.29, 1.82) is 0 Å². The predicted molar refractivity (Wildman–Crippen MR) is 105 cm³/mol. The van der Waals surface area contributed by atoms with Crippen molar-refractivity contribution < 1.29 is 19.0 Å². The molecule has 1 heterocycles. The van der Waals surface area contributed by atoms with Crippen molar-refractivity contribution >= 4 is 17.2 Å². The Morgan fingerprint density at radius 2 is 1.50 bits per heavy atom. The number of carbonyl (C=O) groups is 1. The SMILES string of the molecule is CCOc1cc(C(=O)NCc2ccc(CC)s2)cc(OCC)c1OCC. The van der Waals surface area contributed by atoms with E-state index in [4.69, 9.17) is 14.2 Å². The summed E-state index contributed by atoms with van der Waals surface area (Å²) in [6.07, 6.45) is 1.01. The van der Waals surface area contributed by atoms with Gasteiger partial charge in [0.05, 0.1) is 26.4 Å². The number of hydrogen-bond donors (Lipinski definition) is 1. The van der Waals surface area contributed by atoms with Gasteiger partial charge in [0.1, 0.15) is 0 Å². The number of rotatable bonds is 10. The number of hydrogen-bond acceptors (Lipinski definition) is 5. The third-order valence-corrected chi connectivity index (χ3v) is 4.89. The number of ether oxygens (including phenoxy) is 3. The normalized spacial score (nSPS) is 10.5. The molecule has 26 heavy (non-hydrogen) atoms. The minimum atomic E-state index is -0.165. The number of amides is 1. The molecular weight excluding hydrogens is 350 g/mol. The summed E-state index contributed by atoms with van der Waals surface area (Å²) in [5, 5.41) is 2.96. The monoisotopic (exact) mass is 377 g/mol. The third-order valence-electron chi connectivity index (χ3n) is 3.66. The molecule has 0 unspecified atom stereocenters. The van der Waals surface area contributed by atoms with Crippen molar-refractivity contribution in [3.63, 3.8) is 0 Å². The van der Waals surface area contributed by atoms with Crippen LogP contribution in [0.5, 0.6) is 17.2 Å². The fourth-order valence-corrected chi connectivity index (χ4v) is 3.39. The molecule has 1 aromatic carbocycles. The molecule has 0 bridgehead atoms. The van der Waals surface area contributed by atoms with Gasteiger partial charge in [-0.25, -0.2) is 0 Å². The van der Waals surface area contributed by atoms with E-state index in [1.165, 1.54) is 4.88 Å². The van der Waals surface area contributed by atoms with Crippen LogP contribution in [-0.2, 0) is 13.0 Å². The van der Waals surface area contributed by atoms with Gasteiger partial charge in [-0.05, 0) is 51.5 Å². The molecule has 0 fully saturated rings. The number of thiophene rings is 1. The average Bonchev–Trinajstić information content (AvgIpc) is 3.10. The Morgan fingerprint density at radius 1 is 0.923 bits per heavy atom. The van der Waals surface area contributed by atoms with Gasteiger partial charge in [-0.1, -0.05) is 6.92 Å². The Hall–Kier alpha value is -2.21. The van der Waals surface area contributed by atoms with Crippen molar-refractivity contribution in [2.75, 3.05) is 19.8 Å². The zero-order chi connectivity index (χ0) is 18.9. The molecule has 2 rings (SSSR count). The first-order valence-electron chi connectivity index (χ1n) is 9.05. The minimum absolute atomic E-state index is 0.165. The molecule has 0 spiro atoms. The van der Waals surface area contributed by atoms with E-state index in [0.717, 1.165) is 11.3 Å². The van der Waals surface area contributed by atoms with Crippen LogP contribution in [0.25, 0.3) is 0 Å². The summed E-state index contributed by atoms with van der Waals surface area (Å²) in [7, 11) is 0. The van der Waals surface area contributed by atoms with Gasteiger partial charge < -0.3 is 19.5 Å². The van der Waals surface area contributed by atoms with E-state index in [1.807, 2.05) is 20.8 Å². The Kier molecular flexibility index (Phi) is 7.78. The van der Waals surface area contributed by atoms with Gasteiger partial charge in [0.2, 0.25) is 5.75 Å². The molecule has 2 aromatic rings. The van der Waals surface area contributed by atoms with E-state index >= 15 is 0 Å². The van der Waals surface area contributed by atoms with Crippen LogP contribution in [-0.4, -0.2) is 25.7 Å². The Bertz CT molecular complexity index is 699. The summed E-state index contributed by atoms with van der Waals surface area (Å²) in [6, 6.07) is 7.57. The molecule has 0 aliphatic carbocycles. The van der Waals surface area contributed by atoms with Gasteiger partial charge in [-0.3, -0.25) is 4.79 Å². The molecule has 1 N–H and O–H groups in total. The first-order valence-corrected chi connectivity index (χ1v) is 9.86. The van der Waals surface area contributed by atoms with Crippen LogP contribution >= 0.6 is 11.3 Å². The predicted octanol–water partition coefficient (Wildman–Crippen LogP) is 4.44. The molecular formula is C20H27NO4S. The van der Waals surface area contributed by atoms with Gasteiger partial charge in [-0.15, -0.1) is 11.3 Å². The highest BCUT2D eigenvalue weighted by Gasteiger charge is 2.18. The van der Waals surface area contributed by atoms with Crippen molar-refractivity contribution in [2.24, 2.45) is 0 Å². The van der Waals surface area contributed by atoms with E-state index in [2.05, 4.69) is 24.4 Å². The summed E-state index contributed by atoms with van der Waals surface area (Å²) in [5.74, 6) is 1.42. The van der Waals surface area contributed by atoms with E-state index < -0.39 is 0 Å². The lowest BCUT2D eigenvalue weighted by Gasteiger charge is -2.17. The van der Waals surface area contributed by atoms with Crippen LogP contribution in [0, 0.1) is 0 Å². The van der Waals surface area contributed by atoms with Gasteiger partial charge in [-0.2, -0.15) is 0 Å². The lowest BCUT2D eigenvalue weighted by atomic mass is 10.1. The largest absolute Gasteiger partial charge is 0.490 e. The zero-order valence-corrected chi connectivity index (χ0v) is 16.7. The van der Waals surface area contributed by atoms with Crippen molar-refractivity contribution in [3.8, 4) is 17.2 Å². The van der Waals surface area contributed by atoms with Crippen LogP contribution < -0.4 is 19.5 Å². The van der Waals surface area contributed by atoms with Gasteiger partial charge in [0.25, 0.3) is 5.91 Å². The Balaban J connectivity index is 2.21. The highest BCUT2D eigenvalue weighted by Crippen LogP contribution is 2.39. The number of nitrogens with one attached hydrogen (secondary N) is 1. The fraction of sp³-hybridized carbons (Fsp3) is 0.450. The zero-order valence-electron chi connectivity index (χ0n) is 15.9. The maximum Gasteiger partial charge on any atom is 0.251 e. The molecule has 6 heteroatoms. The quantitative estimate of drug-likeness (QED) is 0.665. The summed E-state index contributed by atoms with van der Waals surface area (Å²) >= 11 is 1.72. The second kappa shape index (κ2) is 10.1. The minimum Gasteiger partial charge on any atom is -0.490 e. The lowest BCUT2D eigenvalue weighted by molar-refractivity contribution is 0.0950. The van der Waals surface area contributed by atoms with Crippen molar-refractivity contribution in [2.45, 2.75) is 40.7 Å². The summed E-state index contributed by atoms with van der Waals surface area (Å²) in [4.78, 5) is 15.1. The van der Waals surface area contributed by atoms with Crippen LogP contribution in [0.2, 0.25) is 0 Å². The molecule has 142 valence electrons. The molecule has 1 aromatic heterocycles. The van der Waals surface area contributed by atoms with E-state index in [9.17, 15) is 4.79 Å². The molecule has 0 aliphatic heterocycles. The molecule has 0 saturated heterocycles. The summed E-state index contributed by atoms with van der Waals surface area (Å²) < 4.78 is 17.0. The number of aryl methyl sites for hydroxylation is 1. The second-order valence-corrected chi connectivity index (χ2v) is 6.76. The van der Waals surface area contributed by atoms with Crippen LogP contribution in [0.15, 0.2) is 24.3 Å². The standard InChI is InChI=1S/C20H27NO4S/c1-5-15-9-10-16(26-15)13-21-20(22)14-11-17(23-6-2)19(25-8-4)18(12-14)24-7-3/h9-12H,5-8,13H2,1-4H3,(H,21,22). The lowest BCUT2D eigenvalue weighted by Crippen LogP contribution is -2.22. The molecule has 0 atom stereocenters. The van der Waals surface area contributed by atoms with Gasteiger partial charge >= 0.3 is 0 Å². The summed E-state index contributed by atoms with van der Waals surface area (Å²) in [6.45, 7) is 9.76. The maximum atomic E-state index is 12.6.